The summed E-state index contributed by atoms with van der Waals surface area (Å²) in [6, 6.07) is 12.2. The highest BCUT2D eigenvalue weighted by Gasteiger charge is 2.25. The third-order valence-electron chi connectivity index (χ3n) is 3.86. The molecule has 114 valence electrons. The molecule has 3 rings (SSSR count). The van der Waals surface area contributed by atoms with Crippen LogP contribution >= 0.6 is 0 Å². The molecular weight excluding hydrogens is 299 g/mol. The summed E-state index contributed by atoms with van der Waals surface area (Å²) in [6.45, 7) is 2.40. The molecular formula is C16H17BO4S. The average Bonchev–Trinajstić information content (AvgIpc) is 2.48. The van der Waals surface area contributed by atoms with Crippen LogP contribution in [0.15, 0.2) is 47.4 Å². The molecule has 0 unspecified atom stereocenters. The molecule has 0 bridgehead atoms. The van der Waals surface area contributed by atoms with Gasteiger partial charge in [0.25, 0.3) is 0 Å². The predicted molar refractivity (Wildman–Crippen MR) is 85.8 cm³/mol. The highest BCUT2D eigenvalue weighted by molar-refractivity contribution is 7.90. The first-order chi connectivity index (χ1) is 10.5. The van der Waals surface area contributed by atoms with Crippen LogP contribution in [0.1, 0.15) is 16.7 Å². The maximum absolute atomic E-state index is 12.5. The fourth-order valence-electron chi connectivity index (χ4n) is 2.61. The third kappa shape index (κ3) is 3.09. The van der Waals surface area contributed by atoms with Crippen molar-refractivity contribution >= 4 is 22.4 Å². The second-order valence-corrected chi connectivity index (χ2v) is 7.57. The molecule has 0 spiro atoms. The number of hydrogen-bond acceptors (Lipinski definition) is 4. The summed E-state index contributed by atoms with van der Waals surface area (Å²) in [7, 11) is -4.36. The van der Waals surface area contributed by atoms with Crippen molar-refractivity contribution in [3.63, 3.8) is 0 Å². The highest BCUT2D eigenvalue weighted by Crippen LogP contribution is 2.18. The molecule has 6 heteroatoms. The third-order valence-corrected chi connectivity index (χ3v) is 5.56. The molecule has 0 saturated carbocycles. The number of hydrogen-bond donors (Lipinski definition) is 1. The van der Waals surface area contributed by atoms with Gasteiger partial charge in [0.2, 0.25) is 0 Å². The highest BCUT2D eigenvalue weighted by atomic mass is 32.2. The molecule has 2 aromatic rings. The summed E-state index contributed by atoms with van der Waals surface area (Å²) >= 11 is 0. The summed E-state index contributed by atoms with van der Waals surface area (Å²) in [5, 5.41) is 9.86. The smallest absolute Gasteiger partial charge is 0.423 e. The van der Waals surface area contributed by atoms with Gasteiger partial charge < -0.3 is 9.68 Å². The van der Waals surface area contributed by atoms with Gasteiger partial charge >= 0.3 is 7.12 Å². The number of fused-ring (bicyclic) bond motifs is 1. The maximum atomic E-state index is 12.5. The second-order valence-electron chi connectivity index (χ2n) is 5.58. The van der Waals surface area contributed by atoms with Crippen LogP contribution in [-0.4, -0.2) is 27.2 Å². The zero-order valence-corrected chi connectivity index (χ0v) is 13.1. The van der Waals surface area contributed by atoms with E-state index in [4.69, 9.17) is 4.65 Å². The van der Waals surface area contributed by atoms with Crippen LogP contribution in [-0.2, 0) is 26.7 Å². The molecule has 2 aromatic carbocycles. The standard InChI is InChI=1S/C16H17BO4S/c1-12-2-6-15(7-3-12)22(19,20)11-13-4-5-14-8-9-21-17(18)16(14)10-13/h2-7,10,18H,8-9,11H2,1H3. The Morgan fingerprint density at radius 3 is 2.64 bits per heavy atom. The van der Waals surface area contributed by atoms with E-state index in [1.807, 2.05) is 19.1 Å². The van der Waals surface area contributed by atoms with Gasteiger partial charge in [0.1, 0.15) is 0 Å². The number of rotatable bonds is 3. The minimum absolute atomic E-state index is 0.0872. The molecule has 22 heavy (non-hydrogen) atoms. The molecule has 0 atom stereocenters. The van der Waals surface area contributed by atoms with E-state index in [0.717, 1.165) is 17.5 Å². The fourth-order valence-corrected chi connectivity index (χ4v) is 3.95. The number of benzene rings is 2. The van der Waals surface area contributed by atoms with Gasteiger partial charge in [0.15, 0.2) is 9.84 Å². The van der Waals surface area contributed by atoms with Crippen LogP contribution in [0.25, 0.3) is 0 Å². The minimum atomic E-state index is -3.40. The zero-order valence-electron chi connectivity index (χ0n) is 12.3. The van der Waals surface area contributed by atoms with Crippen LogP contribution < -0.4 is 5.46 Å². The van der Waals surface area contributed by atoms with Crippen LogP contribution in [0.3, 0.4) is 0 Å². The molecule has 0 aromatic heterocycles. The van der Waals surface area contributed by atoms with E-state index in [1.54, 1.807) is 30.3 Å². The van der Waals surface area contributed by atoms with Gasteiger partial charge in [-0.15, -0.1) is 0 Å². The van der Waals surface area contributed by atoms with Crippen molar-refractivity contribution in [3.8, 4) is 0 Å². The van der Waals surface area contributed by atoms with Crippen LogP contribution in [0, 0.1) is 6.92 Å². The Kier molecular flexibility index (Phi) is 4.08. The van der Waals surface area contributed by atoms with E-state index in [-0.39, 0.29) is 5.75 Å². The van der Waals surface area contributed by atoms with Gasteiger partial charge in [0, 0.05) is 6.61 Å². The van der Waals surface area contributed by atoms with Crippen molar-refractivity contribution in [2.75, 3.05) is 6.61 Å². The average molecular weight is 316 g/mol. The number of sulfone groups is 1. The lowest BCUT2D eigenvalue weighted by Crippen LogP contribution is -2.41. The van der Waals surface area contributed by atoms with Crippen LogP contribution in [0.2, 0.25) is 0 Å². The molecule has 0 aliphatic carbocycles. The Labute approximate surface area is 130 Å². The van der Waals surface area contributed by atoms with E-state index >= 15 is 0 Å². The van der Waals surface area contributed by atoms with Gasteiger partial charge in [-0.25, -0.2) is 8.42 Å². The first-order valence-corrected chi connectivity index (χ1v) is 8.82. The zero-order chi connectivity index (χ0) is 15.7. The summed E-state index contributed by atoms with van der Waals surface area (Å²) < 4.78 is 30.1. The lowest BCUT2D eigenvalue weighted by atomic mass is 9.73. The largest absolute Gasteiger partial charge is 0.491 e. The first-order valence-electron chi connectivity index (χ1n) is 7.16. The molecule has 0 radical (unpaired) electrons. The maximum Gasteiger partial charge on any atom is 0.491 e. The summed E-state index contributed by atoms with van der Waals surface area (Å²) in [5.41, 5.74) is 3.36. The van der Waals surface area contributed by atoms with Gasteiger partial charge in [0.05, 0.1) is 10.6 Å². The monoisotopic (exact) mass is 316 g/mol. The molecule has 0 saturated heterocycles. The fraction of sp³-hybridized carbons (Fsp3) is 0.250. The Balaban J connectivity index is 1.89. The topological polar surface area (TPSA) is 63.6 Å². The van der Waals surface area contributed by atoms with Crippen molar-refractivity contribution in [1.29, 1.82) is 0 Å². The Morgan fingerprint density at radius 1 is 1.18 bits per heavy atom. The normalized spacial score (nSPS) is 14.7. The summed E-state index contributed by atoms with van der Waals surface area (Å²) in [6.07, 6.45) is 0.734. The SMILES string of the molecule is Cc1ccc(S(=O)(=O)Cc2ccc3c(c2)B(O)OCC3)cc1. The number of aryl methyl sites for hydroxylation is 1. The van der Waals surface area contributed by atoms with Crippen molar-refractivity contribution < 1.29 is 18.1 Å². The van der Waals surface area contributed by atoms with Gasteiger partial charge in [-0.2, -0.15) is 0 Å². The Bertz CT molecular complexity index is 784. The molecule has 1 N–H and O–H groups in total. The van der Waals surface area contributed by atoms with E-state index in [0.29, 0.717) is 22.5 Å². The molecule has 0 fully saturated rings. The van der Waals surface area contributed by atoms with Gasteiger partial charge in [-0.05, 0) is 42.1 Å². The quantitative estimate of drug-likeness (QED) is 0.865. The second kappa shape index (κ2) is 5.87. The van der Waals surface area contributed by atoms with Crippen LogP contribution in [0.5, 0.6) is 0 Å². The first kappa shape index (κ1) is 15.3. The van der Waals surface area contributed by atoms with Crippen LogP contribution in [0.4, 0.5) is 0 Å². The van der Waals surface area contributed by atoms with Crippen molar-refractivity contribution in [2.45, 2.75) is 24.0 Å². The Morgan fingerprint density at radius 2 is 1.91 bits per heavy atom. The van der Waals surface area contributed by atoms with Gasteiger partial charge in [-0.3, -0.25) is 0 Å². The lowest BCUT2D eigenvalue weighted by molar-refractivity contribution is 0.266. The molecule has 4 nitrogen and oxygen atoms in total. The van der Waals surface area contributed by atoms with Crippen molar-refractivity contribution in [3.05, 3.63) is 59.2 Å². The summed E-state index contributed by atoms with van der Waals surface area (Å²) in [4.78, 5) is 0.313. The molecule has 0 amide bonds. The Hall–Kier alpha value is -1.63. The molecule has 1 aliphatic heterocycles. The van der Waals surface area contributed by atoms with Crippen molar-refractivity contribution in [2.24, 2.45) is 0 Å². The van der Waals surface area contributed by atoms with Gasteiger partial charge in [-0.1, -0.05) is 35.9 Å². The van der Waals surface area contributed by atoms with E-state index in [1.165, 1.54) is 0 Å². The molecule has 1 aliphatic rings. The van der Waals surface area contributed by atoms with E-state index < -0.39 is 17.0 Å². The summed E-state index contributed by atoms with van der Waals surface area (Å²) in [5.74, 6) is -0.0872. The lowest BCUT2D eigenvalue weighted by Gasteiger charge is -2.19. The van der Waals surface area contributed by atoms with Crippen molar-refractivity contribution in [1.82, 2.24) is 0 Å². The van der Waals surface area contributed by atoms with E-state index in [2.05, 4.69) is 0 Å². The van der Waals surface area contributed by atoms with E-state index in [9.17, 15) is 13.4 Å². The molecule has 1 heterocycles. The predicted octanol–water partition coefficient (Wildman–Crippen LogP) is 1.23. The minimum Gasteiger partial charge on any atom is -0.423 e.